The van der Waals surface area contributed by atoms with E-state index in [1.165, 1.54) is 19.3 Å². The lowest BCUT2D eigenvalue weighted by Gasteiger charge is -2.16. The van der Waals surface area contributed by atoms with E-state index in [4.69, 9.17) is 32.7 Å². The number of methoxy groups -OCH3 is 1. The molecule has 5 nitrogen and oxygen atoms in total. The Morgan fingerprint density at radius 2 is 1.69 bits per heavy atom. The lowest BCUT2D eigenvalue weighted by atomic mass is 10.1. The van der Waals surface area contributed by atoms with Crippen LogP contribution in [-0.4, -0.2) is 18.3 Å². The highest BCUT2D eigenvalue weighted by Gasteiger charge is 2.39. The molecule has 0 N–H and O–H groups in total. The van der Waals surface area contributed by atoms with Crippen LogP contribution in [-0.2, 0) is 17.6 Å². The molecule has 3 aromatic carbocycles. The second-order valence-electron chi connectivity index (χ2n) is 7.50. The van der Waals surface area contributed by atoms with Crippen molar-refractivity contribution in [3.63, 3.8) is 0 Å². The molecule has 36 heavy (non-hydrogen) atoms. The summed E-state index contributed by atoms with van der Waals surface area (Å²) in [5.74, 6) is 0.102. The summed E-state index contributed by atoms with van der Waals surface area (Å²) in [6, 6.07) is 15.0. The summed E-state index contributed by atoms with van der Waals surface area (Å²) in [7, 11) is 1.46. The molecule has 1 heterocycles. The number of alkyl halides is 3. The van der Waals surface area contributed by atoms with Gasteiger partial charge in [-0.05, 0) is 71.4 Å². The van der Waals surface area contributed by atoms with Crippen LogP contribution in [0.2, 0.25) is 10.0 Å². The van der Waals surface area contributed by atoms with Crippen molar-refractivity contribution in [3.8, 4) is 11.5 Å². The predicted molar refractivity (Wildman–Crippen MR) is 134 cm³/mol. The van der Waals surface area contributed by atoms with E-state index in [-0.39, 0.29) is 17.2 Å². The Balaban J connectivity index is 1.55. The number of rotatable bonds is 6. The molecule has 1 fully saturated rings. The fraction of sp³-hybridized carbons (Fsp3) is 0.120. The average Bonchev–Trinajstić information content (AvgIpc) is 3.11. The molecule has 0 bridgehead atoms. The van der Waals surface area contributed by atoms with Crippen molar-refractivity contribution in [2.45, 2.75) is 12.8 Å². The lowest BCUT2D eigenvalue weighted by molar-refractivity contribution is -0.137. The van der Waals surface area contributed by atoms with Gasteiger partial charge >= 0.3 is 6.18 Å². The molecule has 1 aliphatic rings. The number of nitrogens with zero attached hydrogens (tertiary/aromatic N) is 1. The SMILES string of the molecule is COc1cc(/C=C2\SC(=O)N(c3ccc(Cl)c(C(F)(F)F)c3)C2=O)ccc1OCc1ccc(Cl)cc1. The number of hydrogen-bond acceptors (Lipinski definition) is 5. The zero-order valence-electron chi connectivity index (χ0n) is 18.4. The predicted octanol–water partition coefficient (Wildman–Crippen LogP) is 7.84. The number of imide groups is 1. The van der Waals surface area contributed by atoms with Crippen LogP contribution in [0.25, 0.3) is 6.08 Å². The molecule has 0 atom stereocenters. The third-order valence-corrected chi connectivity index (χ3v) is 6.55. The molecular weight excluding hydrogens is 538 g/mol. The Labute approximate surface area is 218 Å². The maximum atomic E-state index is 13.2. The molecule has 3 aromatic rings. The van der Waals surface area contributed by atoms with Crippen molar-refractivity contribution in [1.29, 1.82) is 0 Å². The van der Waals surface area contributed by atoms with Crippen LogP contribution >= 0.6 is 35.0 Å². The first-order chi connectivity index (χ1) is 17.1. The van der Waals surface area contributed by atoms with Gasteiger partial charge in [0.2, 0.25) is 0 Å². The van der Waals surface area contributed by atoms with E-state index in [0.717, 1.165) is 11.6 Å². The summed E-state index contributed by atoms with van der Waals surface area (Å²) < 4.78 is 50.9. The van der Waals surface area contributed by atoms with Gasteiger partial charge in [-0.15, -0.1) is 0 Å². The van der Waals surface area contributed by atoms with Gasteiger partial charge in [-0.1, -0.05) is 41.4 Å². The molecule has 1 aliphatic heterocycles. The first kappa shape index (κ1) is 25.9. The zero-order chi connectivity index (χ0) is 26.0. The molecule has 0 unspecified atom stereocenters. The monoisotopic (exact) mass is 553 g/mol. The van der Waals surface area contributed by atoms with E-state index in [0.29, 0.717) is 44.8 Å². The van der Waals surface area contributed by atoms with E-state index in [1.807, 2.05) is 12.1 Å². The summed E-state index contributed by atoms with van der Waals surface area (Å²) >= 11 is 12.2. The number of carbonyl (C=O) groups excluding carboxylic acids is 2. The molecule has 0 aromatic heterocycles. The summed E-state index contributed by atoms with van der Waals surface area (Å²) in [4.78, 5) is 26.1. The standard InChI is InChI=1S/C25H16Cl2F3NO4S/c1-34-21-10-15(4-9-20(21)35-13-14-2-5-16(26)6-3-14)11-22-23(32)31(24(33)36-22)17-7-8-19(27)18(12-17)25(28,29)30/h2-12H,13H2,1H3/b22-11-. The number of carbonyl (C=O) groups is 2. The number of ether oxygens (including phenoxy) is 2. The quantitative estimate of drug-likeness (QED) is 0.291. The number of hydrogen-bond donors (Lipinski definition) is 0. The van der Waals surface area contributed by atoms with Crippen molar-refractivity contribution in [2.24, 2.45) is 0 Å². The average molecular weight is 554 g/mol. The second kappa shape index (κ2) is 10.5. The van der Waals surface area contributed by atoms with Crippen LogP contribution in [0.15, 0.2) is 65.6 Å². The molecule has 1 saturated heterocycles. The van der Waals surface area contributed by atoms with Crippen LogP contribution in [0.3, 0.4) is 0 Å². The van der Waals surface area contributed by atoms with Gasteiger partial charge in [-0.2, -0.15) is 13.2 Å². The minimum atomic E-state index is -4.74. The van der Waals surface area contributed by atoms with Gasteiger partial charge in [-0.3, -0.25) is 9.59 Å². The Hall–Kier alpha value is -3.14. The third kappa shape index (κ3) is 5.64. The van der Waals surface area contributed by atoms with E-state index < -0.39 is 27.9 Å². The lowest BCUT2D eigenvalue weighted by Crippen LogP contribution is -2.28. The molecule has 11 heteroatoms. The number of amides is 2. The van der Waals surface area contributed by atoms with Crippen molar-refractivity contribution in [3.05, 3.63) is 92.3 Å². The highest BCUT2D eigenvalue weighted by Crippen LogP contribution is 2.41. The Bertz CT molecular complexity index is 1360. The van der Waals surface area contributed by atoms with Gasteiger partial charge in [0.05, 0.1) is 28.3 Å². The summed E-state index contributed by atoms with van der Waals surface area (Å²) in [6.45, 7) is 0.271. The molecule has 0 saturated carbocycles. The molecule has 0 radical (unpaired) electrons. The smallest absolute Gasteiger partial charge is 0.417 e. The summed E-state index contributed by atoms with van der Waals surface area (Å²) in [5, 5.41) is -0.641. The maximum absolute atomic E-state index is 13.2. The van der Waals surface area contributed by atoms with Gasteiger partial charge < -0.3 is 9.47 Å². The third-order valence-electron chi connectivity index (χ3n) is 5.10. The molecule has 2 amide bonds. The number of halogens is 5. The highest BCUT2D eigenvalue weighted by atomic mass is 35.5. The fourth-order valence-corrected chi connectivity index (χ4v) is 4.54. The Kier molecular flexibility index (Phi) is 7.54. The maximum Gasteiger partial charge on any atom is 0.417 e. The number of benzene rings is 3. The van der Waals surface area contributed by atoms with E-state index in [2.05, 4.69) is 0 Å². The van der Waals surface area contributed by atoms with E-state index in [1.54, 1.807) is 30.3 Å². The van der Waals surface area contributed by atoms with Crippen LogP contribution in [0.1, 0.15) is 16.7 Å². The van der Waals surface area contributed by atoms with Gasteiger partial charge in [0.15, 0.2) is 11.5 Å². The second-order valence-corrected chi connectivity index (χ2v) is 9.34. The summed E-state index contributed by atoms with van der Waals surface area (Å²) in [5.41, 5.74) is 0.0723. The minimum Gasteiger partial charge on any atom is -0.493 e. The van der Waals surface area contributed by atoms with Gasteiger partial charge in [0, 0.05) is 5.02 Å². The van der Waals surface area contributed by atoms with Crippen molar-refractivity contribution in [1.82, 2.24) is 0 Å². The zero-order valence-corrected chi connectivity index (χ0v) is 20.8. The number of anilines is 1. The molecule has 186 valence electrons. The van der Waals surface area contributed by atoms with Crippen LogP contribution < -0.4 is 14.4 Å². The van der Waals surface area contributed by atoms with E-state index >= 15 is 0 Å². The molecule has 0 spiro atoms. The van der Waals surface area contributed by atoms with Crippen molar-refractivity contribution >= 4 is 57.9 Å². The Morgan fingerprint density at radius 3 is 2.36 bits per heavy atom. The van der Waals surface area contributed by atoms with Gasteiger partial charge in [-0.25, -0.2) is 4.90 Å². The van der Waals surface area contributed by atoms with Crippen LogP contribution in [0, 0.1) is 0 Å². The first-order valence-corrected chi connectivity index (χ1v) is 11.8. The molecular formula is C25H16Cl2F3NO4S. The summed E-state index contributed by atoms with van der Waals surface area (Å²) in [6.07, 6.45) is -3.28. The molecule has 0 aliphatic carbocycles. The largest absolute Gasteiger partial charge is 0.493 e. The Morgan fingerprint density at radius 1 is 0.972 bits per heavy atom. The number of thioether (sulfide) groups is 1. The van der Waals surface area contributed by atoms with Gasteiger partial charge in [0.25, 0.3) is 11.1 Å². The highest BCUT2D eigenvalue weighted by molar-refractivity contribution is 8.19. The fourth-order valence-electron chi connectivity index (χ4n) is 3.35. The van der Waals surface area contributed by atoms with Crippen LogP contribution in [0.4, 0.5) is 23.7 Å². The van der Waals surface area contributed by atoms with Crippen LogP contribution in [0.5, 0.6) is 11.5 Å². The van der Waals surface area contributed by atoms with E-state index in [9.17, 15) is 22.8 Å². The first-order valence-electron chi connectivity index (χ1n) is 10.3. The van der Waals surface area contributed by atoms with Crippen molar-refractivity contribution < 1.29 is 32.2 Å². The van der Waals surface area contributed by atoms with Crippen molar-refractivity contribution in [2.75, 3.05) is 12.0 Å². The van der Waals surface area contributed by atoms with Gasteiger partial charge in [0.1, 0.15) is 6.61 Å². The molecule has 4 rings (SSSR count). The normalized spacial score (nSPS) is 15.1. The minimum absolute atomic E-state index is 0.0420. The topological polar surface area (TPSA) is 55.8 Å².